The topological polar surface area (TPSA) is 111 Å². The monoisotopic (exact) mass is 269 g/mol. The average molecular weight is 269 g/mol. The second-order valence-electron chi connectivity index (χ2n) is 4.13. The molecule has 7 heteroatoms. The number of nitro benzene ring substituents is 1. The van der Waals surface area contributed by atoms with Crippen LogP contribution in [0.3, 0.4) is 0 Å². The fraction of sp³-hybridized carbons (Fsp3) is 0.500. The number of nitro groups is 1. The first-order chi connectivity index (χ1) is 8.97. The third-order valence-electron chi connectivity index (χ3n) is 2.63. The fourth-order valence-corrected chi connectivity index (χ4v) is 1.52. The van der Waals surface area contributed by atoms with Crippen molar-refractivity contribution in [3.63, 3.8) is 0 Å². The predicted octanol–water partition coefficient (Wildman–Crippen LogP) is 1.11. The zero-order valence-corrected chi connectivity index (χ0v) is 11.0. The molecule has 0 heterocycles. The fourth-order valence-electron chi connectivity index (χ4n) is 1.52. The molecule has 1 aromatic rings. The van der Waals surface area contributed by atoms with E-state index in [0.29, 0.717) is 12.3 Å². The molecule has 0 aromatic heterocycles. The van der Waals surface area contributed by atoms with Crippen LogP contribution < -0.4 is 15.8 Å². The van der Waals surface area contributed by atoms with Gasteiger partial charge in [-0.3, -0.25) is 10.1 Å². The number of hydrogen-bond acceptors (Lipinski definition) is 6. The smallest absolute Gasteiger partial charge is 0.333 e. The van der Waals surface area contributed by atoms with Crippen molar-refractivity contribution >= 4 is 11.4 Å². The lowest BCUT2D eigenvalue weighted by atomic mass is 10.2. The molecule has 0 bridgehead atoms. The third kappa shape index (κ3) is 4.08. The summed E-state index contributed by atoms with van der Waals surface area (Å²) in [5, 5.41) is 23.3. The van der Waals surface area contributed by atoms with Crippen LogP contribution in [0, 0.1) is 10.1 Å². The van der Waals surface area contributed by atoms with E-state index in [-0.39, 0.29) is 18.0 Å². The molecule has 0 amide bonds. The maximum absolute atomic E-state index is 11.1. The Kier molecular flexibility index (Phi) is 5.53. The first-order valence-electron chi connectivity index (χ1n) is 6.05. The van der Waals surface area contributed by atoms with Crippen LogP contribution in [-0.4, -0.2) is 35.3 Å². The van der Waals surface area contributed by atoms with E-state index in [1.807, 2.05) is 0 Å². The van der Waals surface area contributed by atoms with Gasteiger partial charge in [0.15, 0.2) is 5.75 Å². The minimum absolute atomic E-state index is 0.123. The molecule has 106 valence electrons. The molecule has 1 aromatic carbocycles. The van der Waals surface area contributed by atoms with Crippen molar-refractivity contribution in [2.45, 2.75) is 26.0 Å². The number of para-hydroxylation sites is 1. The minimum atomic E-state index is -0.693. The van der Waals surface area contributed by atoms with Crippen LogP contribution >= 0.6 is 0 Å². The number of rotatable bonds is 7. The van der Waals surface area contributed by atoms with Gasteiger partial charge < -0.3 is 20.9 Å². The summed E-state index contributed by atoms with van der Waals surface area (Å²) in [5.41, 5.74) is 5.88. The van der Waals surface area contributed by atoms with Gasteiger partial charge in [0.05, 0.1) is 17.6 Å². The lowest BCUT2D eigenvalue weighted by molar-refractivity contribution is -0.384. The van der Waals surface area contributed by atoms with E-state index in [2.05, 4.69) is 5.32 Å². The van der Waals surface area contributed by atoms with Crippen LogP contribution in [-0.2, 0) is 0 Å². The van der Waals surface area contributed by atoms with Crippen LogP contribution in [0.15, 0.2) is 18.2 Å². The molecule has 2 atom stereocenters. The normalized spacial score (nSPS) is 13.7. The maximum Gasteiger partial charge on any atom is 0.333 e. The molecule has 0 radical (unpaired) electrons. The van der Waals surface area contributed by atoms with Crippen molar-refractivity contribution in [1.82, 2.24) is 0 Å². The number of anilines is 1. The van der Waals surface area contributed by atoms with Crippen LogP contribution in [0.2, 0.25) is 0 Å². The number of ether oxygens (including phenoxy) is 1. The van der Waals surface area contributed by atoms with Gasteiger partial charge in [-0.2, -0.15) is 0 Å². The van der Waals surface area contributed by atoms with Gasteiger partial charge in [-0.15, -0.1) is 0 Å². The molecule has 0 saturated heterocycles. The Morgan fingerprint density at radius 1 is 1.58 bits per heavy atom. The number of nitrogens with two attached hydrogens (primary N) is 1. The van der Waals surface area contributed by atoms with Gasteiger partial charge in [-0.1, -0.05) is 6.07 Å². The van der Waals surface area contributed by atoms with Crippen molar-refractivity contribution < 1.29 is 14.8 Å². The quantitative estimate of drug-likeness (QED) is 0.505. The average Bonchev–Trinajstić information content (AvgIpc) is 2.35. The largest absolute Gasteiger partial charge is 0.487 e. The zero-order chi connectivity index (χ0) is 14.4. The van der Waals surface area contributed by atoms with E-state index < -0.39 is 17.1 Å². The molecule has 1 rings (SSSR count). The van der Waals surface area contributed by atoms with Crippen molar-refractivity contribution in [3.8, 4) is 5.75 Å². The highest BCUT2D eigenvalue weighted by Gasteiger charge is 2.21. The number of nitrogens with one attached hydrogen (secondary N) is 1. The molecule has 19 heavy (non-hydrogen) atoms. The summed E-state index contributed by atoms with van der Waals surface area (Å²) < 4.78 is 5.23. The molecule has 0 aliphatic carbocycles. The summed E-state index contributed by atoms with van der Waals surface area (Å²) in [6.07, 6.45) is -0.693. The summed E-state index contributed by atoms with van der Waals surface area (Å²) >= 11 is 0. The molecule has 2 unspecified atom stereocenters. The Morgan fingerprint density at radius 2 is 2.26 bits per heavy atom. The van der Waals surface area contributed by atoms with Crippen LogP contribution in [0.1, 0.15) is 13.8 Å². The lowest BCUT2D eigenvalue weighted by Crippen LogP contribution is -2.38. The zero-order valence-electron chi connectivity index (χ0n) is 11.0. The molecular formula is C12H19N3O4. The van der Waals surface area contributed by atoms with Crippen molar-refractivity contribution in [3.05, 3.63) is 28.3 Å². The first-order valence-corrected chi connectivity index (χ1v) is 6.05. The van der Waals surface area contributed by atoms with E-state index in [1.54, 1.807) is 32.0 Å². The summed E-state index contributed by atoms with van der Waals surface area (Å²) in [6.45, 7) is 3.90. The van der Waals surface area contributed by atoms with Crippen molar-refractivity contribution in [2.24, 2.45) is 5.73 Å². The van der Waals surface area contributed by atoms with E-state index in [9.17, 15) is 15.2 Å². The summed E-state index contributed by atoms with van der Waals surface area (Å²) in [6, 6.07) is 4.28. The lowest BCUT2D eigenvalue weighted by Gasteiger charge is -2.16. The Labute approximate surface area is 111 Å². The van der Waals surface area contributed by atoms with Crippen molar-refractivity contribution in [1.29, 1.82) is 0 Å². The van der Waals surface area contributed by atoms with E-state index in [0.717, 1.165) is 0 Å². The van der Waals surface area contributed by atoms with Gasteiger partial charge in [0.1, 0.15) is 5.69 Å². The maximum atomic E-state index is 11.1. The highest BCUT2D eigenvalue weighted by atomic mass is 16.6. The Hall–Kier alpha value is -1.86. The Bertz CT molecular complexity index is 437. The molecule has 0 spiro atoms. The SMILES string of the molecule is CCOc1cccc(NCC(N)C(C)O)c1[N+](=O)[O-]. The van der Waals surface area contributed by atoms with Crippen LogP contribution in [0.25, 0.3) is 0 Å². The Morgan fingerprint density at radius 3 is 2.79 bits per heavy atom. The number of nitrogens with zero attached hydrogens (tertiary/aromatic N) is 1. The molecule has 0 fully saturated rings. The summed E-state index contributed by atoms with van der Waals surface area (Å²) in [5.74, 6) is 0.211. The minimum Gasteiger partial charge on any atom is -0.487 e. The molecule has 0 aliphatic heterocycles. The van der Waals surface area contributed by atoms with Gasteiger partial charge in [0.25, 0.3) is 0 Å². The van der Waals surface area contributed by atoms with Crippen molar-refractivity contribution in [2.75, 3.05) is 18.5 Å². The predicted molar refractivity (Wildman–Crippen MR) is 72.4 cm³/mol. The molecule has 4 N–H and O–H groups in total. The third-order valence-corrected chi connectivity index (χ3v) is 2.63. The highest BCUT2D eigenvalue weighted by Crippen LogP contribution is 2.34. The van der Waals surface area contributed by atoms with E-state index >= 15 is 0 Å². The molecule has 0 saturated carbocycles. The van der Waals surface area contributed by atoms with Gasteiger partial charge in [0.2, 0.25) is 0 Å². The second-order valence-corrected chi connectivity index (χ2v) is 4.13. The molecule has 0 aliphatic rings. The standard InChI is InChI=1S/C12H19N3O4/c1-3-19-11-6-4-5-10(12(11)15(17)18)14-7-9(13)8(2)16/h4-6,8-9,14,16H,3,7,13H2,1-2H3. The van der Waals surface area contributed by atoms with Gasteiger partial charge in [-0.25, -0.2) is 0 Å². The first kappa shape index (κ1) is 15.2. The number of aliphatic hydroxyl groups is 1. The molecule has 7 nitrogen and oxygen atoms in total. The number of benzene rings is 1. The van der Waals surface area contributed by atoms with Crippen LogP contribution in [0.5, 0.6) is 5.75 Å². The Balaban J connectivity index is 2.93. The second kappa shape index (κ2) is 6.91. The molecular weight excluding hydrogens is 250 g/mol. The van der Waals surface area contributed by atoms with Gasteiger partial charge >= 0.3 is 5.69 Å². The van der Waals surface area contributed by atoms with E-state index in [4.69, 9.17) is 10.5 Å². The van der Waals surface area contributed by atoms with Gasteiger partial charge in [0, 0.05) is 12.6 Å². The highest BCUT2D eigenvalue weighted by molar-refractivity contribution is 5.68. The van der Waals surface area contributed by atoms with E-state index in [1.165, 1.54) is 0 Å². The number of aliphatic hydroxyl groups excluding tert-OH is 1. The number of hydrogen-bond donors (Lipinski definition) is 3. The van der Waals surface area contributed by atoms with Gasteiger partial charge in [-0.05, 0) is 26.0 Å². The summed E-state index contributed by atoms with van der Waals surface area (Å²) in [4.78, 5) is 10.6. The van der Waals surface area contributed by atoms with Crippen LogP contribution in [0.4, 0.5) is 11.4 Å². The summed E-state index contributed by atoms with van der Waals surface area (Å²) in [7, 11) is 0.